The molecule has 1 fully saturated rings. The van der Waals surface area contributed by atoms with Crippen LogP contribution in [-0.4, -0.2) is 42.9 Å². The quantitative estimate of drug-likeness (QED) is 0.362. The molecule has 9 heteroatoms. The SMILES string of the molecule is C[C@@H](O)CNc1ncc(-c2cccc([C@@]34CC[C@@H](c5cc(-c6c(F)cccc6F)nnc53)C4(C)C)n2)cn1. The first-order chi connectivity index (χ1) is 18.2. The van der Waals surface area contributed by atoms with Crippen LogP contribution in [0.1, 0.15) is 56.5 Å². The molecule has 1 aromatic carbocycles. The van der Waals surface area contributed by atoms with E-state index in [9.17, 15) is 13.9 Å². The highest BCUT2D eigenvalue weighted by molar-refractivity contribution is 5.65. The van der Waals surface area contributed by atoms with Gasteiger partial charge in [-0.1, -0.05) is 26.0 Å². The second-order valence-corrected chi connectivity index (χ2v) is 10.8. The lowest BCUT2D eigenvalue weighted by Gasteiger charge is -2.37. The molecule has 2 aliphatic carbocycles. The van der Waals surface area contributed by atoms with Crippen molar-refractivity contribution >= 4 is 5.95 Å². The second kappa shape index (κ2) is 8.87. The van der Waals surface area contributed by atoms with Crippen molar-refractivity contribution in [3.8, 4) is 22.5 Å². The molecule has 2 aliphatic rings. The van der Waals surface area contributed by atoms with Crippen molar-refractivity contribution in [2.45, 2.75) is 51.0 Å². The largest absolute Gasteiger partial charge is 0.392 e. The van der Waals surface area contributed by atoms with Gasteiger partial charge in [-0.05, 0) is 67.0 Å². The number of fused-ring (bicyclic) bond motifs is 5. The van der Waals surface area contributed by atoms with Crippen molar-refractivity contribution in [1.82, 2.24) is 25.1 Å². The smallest absolute Gasteiger partial charge is 0.222 e. The highest BCUT2D eigenvalue weighted by Crippen LogP contribution is 2.69. The van der Waals surface area contributed by atoms with Gasteiger partial charge in [-0.25, -0.2) is 18.7 Å². The van der Waals surface area contributed by atoms with E-state index < -0.39 is 23.2 Å². The van der Waals surface area contributed by atoms with E-state index in [2.05, 4.69) is 39.3 Å². The summed E-state index contributed by atoms with van der Waals surface area (Å²) in [5.74, 6) is -0.707. The summed E-state index contributed by atoms with van der Waals surface area (Å²) < 4.78 is 29.1. The van der Waals surface area contributed by atoms with Crippen molar-refractivity contribution in [3.05, 3.63) is 83.4 Å². The Kier molecular flexibility index (Phi) is 5.72. The zero-order valence-corrected chi connectivity index (χ0v) is 21.4. The predicted molar refractivity (Wildman–Crippen MR) is 139 cm³/mol. The van der Waals surface area contributed by atoms with Gasteiger partial charge < -0.3 is 10.4 Å². The molecule has 0 radical (unpaired) electrons. The number of halogens is 2. The summed E-state index contributed by atoms with van der Waals surface area (Å²) in [4.78, 5) is 13.8. The third kappa shape index (κ3) is 3.60. The molecule has 0 spiro atoms. The molecule has 3 aromatic heterocycles. The highest BCUT2D eigenvalue weighted by atomic mass is 19.1. The number of hydrogen-bond acceptors (Lipinski definition) is 7. The molecule has 4 aromatic rings. The highest BCUT2D eigenvalue weighted by Gasteiger charge is 2.65. The molecule has 3 heterocycles. The number of pyridine rings is 1. The molecule has 0 unspecified atom stereocenters. The molecule has 0 saturated heterocycles. The summed E-state index contributed by atoms with van der Waals surface area (Å²) in [6, 6.07) is 11.6. The number of nitrogens with one attached hydrogen (secondary N) is 1. The van der Waals surface area contributed by atoms with E-state index in [1.807, 2.05) is 24.3 Å². The first-order valence-electron chi connectivity index (χ1n) is 12.8. The van der Waals surface area contributed by atoms with Gasteiger partial charge in [0.15, 0.2) is 0 Å². The summed E-state index contributed by atoms with van der Waals surface area (Å²) in [5, 5.41) is 21.4. The predicted octanol–water partition coefficient (Wildman–Crippen LogP) is 5.27. The number of hydrogen-bond donors (Lipinski definition) is 2. The van der Waals surface area contributed by atoms with Crippen LogP contribution in [0.5, 0.6) is 0 Å². The molecule has 0 aliphatic heterocycles. The van der Waals surface area contributed by atoms with Crippen molar-refractivity contribution in [2.24, 2.45) is 5.41 Å². The van der Waals surface area contributed by atoms with Crippen LogP contribution in [-0.2, 0) is 5.41 Å². The molecular formula is C29H28F2N6O. The Morgan fingerprint density at radius 1 is 1.03 bits per heavy atom. The fourth-order valence-electron chi connectivity index (χ4n) is 6.38. The van der Waals surface area contributed by atoms with Gasteiger partial charge >= 0.3 is 0 Å². The Hall–Kier alpha value is -3.85. The maximum Gasteiger partial charge on any atom is 0.222 e. The normalized spacial score (nSPS) is 21.8. The number of aliphatic hydroxyl groups excluding tert-OH is 1. The first kappa shape index (κ1) is 24.5. The summed E-state index contributed by atoms with van der Waals surface area (Å²) >= 11 is 0. The number of aromatic nitrogens is 5. The van der Waals surface area contributed by atoms with Crippen LogP contribution >= 0.6 is 0 Å². The average Bonchev–Trinajstić information content (AvgIpc) is 3.28. The van der Waals surface area contributed by atoms with E-state index in [1.165, 1.54) is 18.2 Å². The lowest BCUT2D eigenvalue weighted by atomic mass is 9.66. The van der Waals surface area contributed by atoms with Gasteiger partial charge in [-0.15, -0.1) is 5.10 Å². The topological polar surface area (TPSA) is 96.7 Å². The van der Waals surface area contributed by atoms with Crippen molar-refractivity contribution in [3.63, 3.8) is 0 Å². The number of rotatable bonds is 6. The van der Waals surface area contributed by atoms with Crippen LogP contribution in [0.25, 0.3) is 22.5 Å². The van der Waals surface area contributed by atoms with Gasteiger partial charge in [-0.3, -0.25) is 4.98 Å². The van der Waals surface area contributed by atoms with E-state index in [0.717, 1.165) is 41.1 Å². The lowest BCUT2D eigenvalue weighted by Crippen LogP contribution is -2.37. The van der Waals surface area contributed by atoms with Crippen LogP contribution < -0.4 is 5.32 Å². The number of nitrogens with zero attached hydrogens (tertiary/aromatic N) is 5. The summed E-state index contributed by atoms with van der Waals surface area (Å²) in [6.45, 7) is 6.49. The molecule has 7 nitrogen and oxygen atoms in total. The summed E-state index contributed by atoms with van der Waals surface area (Å²) in [5.41, 5.74) is 3.56. The Labute approximate surface area is 219 Å². The van der Waals surface area contributed by atoms with Gasteiger partial charge in [0.2, 0.25) is 5.95 Å². The molecular weight excluding hydrogens is 486 g/mol. The van der Waals surface area contributed by atoms with E-state index in [-0.39, 0.29) is 22.6 Å². The maximum absolute atomic E-state index is 14.5. The zero-order valence-electron chi connectivity index (χ0n) is 21.4. The van der Waals surface area contributed by atoms with Crippen LogP contribution in [0.3, 0.4) is 0 Å². The monoisotopic (exact) mass is 514 g/mol. The van der Waals surface area contributed by atoms with Crippen molar-refractivity contribution in [2.75, 3.05) is 11.9 Å². The van der Waals surface area contributed by atoms with Gasteiger partial charge in [0.25, 0.3) is 0 Å². The van der Waals surface area contributed by atoms with E-state index in [1.54, 1.807) is 19.3 Å². The Morgan fingerprint density at radius 3 is 2.45 bits per heavy atom. The molecule has 6 rings (SSSR count). The third-order valence-electron chi connectivity index (χ3n) is 8.29. The Bertz CT molecular complexity index is 1500. The number of benzene rings is 1. The molecule has 194 valence electrons. The lowest BCUT2D eigenvalue weighted by molar-refractivity contribution is 0.208. The molecule has 38 heavy (non-hydrogen) atoms. The summed E-state index contributed by atoms with van der Waals surface area (Å²) in [7, 11) is 0. The minimum Gasteiger partial charge on any atom is -0.392 e. The zero-order chi connectivity index (χ0) is 26.7. The Morgan fingerprint density at radius 2 is 1.74 bits per heavy atom. The van der Waals surface area contributed by atoms with Gasteiger partial charge in [-0.2, -0.15) is 5.10 Å². The maximum atomic E-state index is 14.5. The third-order valence-corrected chi connectivity index (χ3v) is 8.29. The van der Waals surface area contributed by atoms with E-state index in [0.29, 0.717) is 12.5 Å². The standard InChI is InChI=1S/C29H28F2N6O/c1-16(38)13-32-27-33-14-17(15-34-27)22-8-5-9-24(35-22)29-11-10-19(28(29,2)3)18-12-23(36-37-26(18)29)25-20(30)6-4-7-21(25)31/h4-9,12,14-16,19,38H,10-11,13H2,1-3H3,(H,32,33,34)/t16-,19+,29+/m1/s1. The van der Waals surface area contributed by atoms with Crippen LogP contribution in [0.15, 0.2) is 54.9 Å². The number of aliphatic hydroxyl groups is 1. The van der Waals surface area contributed by atoms with Gasteiger partial charge in [0, 0.05) is 24.5 Å². The molecule has 2 N–H and O–H groups in total. The fraction of sp³-hybridized carbons (Fsp3) is 0.345. The van der Waals surface area contributed by atoms with Crippen molar-refractivity contribution < 1.29 is 13.9 Å². The Balaban J connectivity index is 1.40. The fourth-order valence-corrected chi connectivity index (χ4v) is 6.38. The van der Waals surface area contributed by atoms with E-state index >= 15 is 0 Å². The molecule has 1 saturated carbocycles. The minimum absolute atomic E-state index is 0.149. The van der Waals surface area contributed by atoms with E-state index in [4.69, 9.17) is 4.98 Å². The van der Waals surface area contributed by atoms with Gasteiger partial charge in [0.1, 0.15) is 11.6 Å². The first-order valence-corrected chi connectivity index (χ1v) is 12.8. The van der Waals surface area contributed by atoms with Gasteiger partial charge in [0.05, 0.1) is 39.9 Å². The van der Waals surface area contributed by atoms with Crippen LogP contribution in [0.2, 0.25) is 0 Å². The minimum atomic E-state index is -0.653. The molecule has 2 bridgehead atoms. The second-order valence-electron chi connectivity index (χ2n) is 10.8. The van der Waals surface area contributed by atoms with Crippen molar-refractivity contribution in [1.29, 1.82) is 0 Å². The van der Waals surface area contributed by atoms with Crippen LogP contribution in [0.4, 0.5) is 14.7 Å². The summed E-state index contributed by atoms with van der Waals surface area (Å²) in [6.07, 6.45) is 4.69. The van der Waals surface area contributed by atoms with Crippen LogP contribution in [0, 0.1) is 17.0 Å². The number of anilines is 1. The average molecular weight is 515 g/mol. The molecule has 3 atom stereocenters. The molecule has 0 amide bonds.